The summed E-state index contributed by atoms with van der Waals surface area (Å²) in [5, 5.41) is 0.687. The molecule has 0 saturated carbocycles. The predicted octanol–water partition coefficient (Wildman–Crippen LogP) is 4.39. The molecular weight excluding hydrogens is 348 g/mol. The molecule has 0 fully saturated rings. The lowest BCUT2D eigenvalue weighted by Gasteiger charge is -2.13. The van der Waals surface area contributed by atoms with Crippen LogP contribution in [0.4, 0.5) is 0 Å². The van der Waals surface area contributed by atoms with Crippen LogP contribution in [0.1, 0.15) is 40.0 Å². The lowest BCUT2D eigenvalue weighted by molar-refractivity contribution is 0.0651. The van der Waals surface area contributed by atoms with Crippen molar-refractivity contribution in [2.45, 2.75) is 24.5 Å². The first-order valence-corrected chi connectivity index (χ1v) is 9.66. The molecule has 0 unspecified atom stereocenters. The molecule has 2 aromatic carbocycles. The van der Waals surface area contributed by atoms with E-state index < -0.39 is 0 Å². The van der Waals surface area contributed by atoms with E-state index in [1.807, 2.05) is 24.3 Å². The quantitative estimate of drug-likeness (QED) is 0.353. The molecule has 5 nitrogen and oxygen atoms in total. The van der Waals surface area contributed by atoms with Crippen molar-refractivity contribution in [1.29, 1.82) is 0 Å². The Morgan fingerprint density at radius 3 is 2.31 bits per heavy atom. The second-order valence-electron chi connectivity index (χ2n) is 6.16. The molecule has 2 heterocycles. The molecule has 1 aromatic heterocycles. The van der Waals surface area contributed by atoms with Crippen LogP contribution in [-0.2, 0) is 0 Å². The Morgan fingerprint density at radius 1 is 0.885 bits per heavy atom. The number of fused-ring (bicyclic) bond motifs is 2. The van der Waals surface area contributed by atoms with Gasteiger partial charge in [0, 0.05) is 12.3 Å². The Hall–Kier alpha value is -2.60. The van der Waals surface area contributed by atoms with E-state index in [-0.39, 0.29) is 11.8 Å². The van der Waals surface area contributed by atoms with Crippen LogP contribution in [0, 0.1) is 0 Å². The topological polar surface area (TPSA) is 63.4 Å². The highest BCUT2D eigenvalue weighted by Gasteiger charge is 2.34. The number of oxazole rings is 1. The Labute approximate surface area is 155 Å². The van der Waals surface area contributed by atoms with E-state index in [1.165, 1.54) is 4.90 Å². The number of thioether (sulfide) groups is 1. The summed E-state index contributed by atoms with van der Waals surface area (Å²) in [6.45, 7) is 0.472. The first-order valence-electron chi connectivity index (χ1n) is 8.67. The molecule has 26 heavy (non-hydrogen) atoms. The SMILES string of the molecule is O=C1c2ccccc2C(=O)N1CCCCCSc1nc2ccccc2o1. The van der Waals surface area contributed by atoms with Gasteiger partial charge in [0.05, 0.1) is 11.1 Å². The molecule has 0 bridgehead atoms. The van der Waals surface area contributed by atoms with Crippen molar-refractivity contribution in [3.05, 3.63) is 59.7 Å². The fourth-order valence-corrected chi connectivity index (χ4v) is 3.90. The lowest BCUT2D eigenvalue weighted by Crippen LogP contribution is -2.30. The molecule has 6 heteroatoms. The third-order valence-corrected chi connectivity index (χ3v) is 5.32. The number of unbranched alkanes of at least 4 members (excludes halogenated alkanes) is 2. The standard InChI is InChI=1S/C20H18N2O3S/c23-18-14-8-2-3-9-15(14)19(24)22(18)12-6-1-7-13-26-20-21-16-10-4-5-11-17(16)25-20/h2-5,8-11H,1,6-7,12-13H2. The van der Waals surface area contributed by atoms with Gasteiger partial charge in [0.1, 0.15) is 5.52 Å². The van der Waals surface area contributed by atoms with Crippen molar-refractivity contribution in [3.8, 4) is 0 Å². The third-order valence-electron chi connectivity index (χ3n) is 4.40. The van der Waals surface area contributed by atoms with Crippen LogP contribution in [-0.4, -0.2) is 34.0 Å². The monoisotopic (exact) mass is 366 g/mol. The van der Waals surface area contributed by atoms with Crippen LogP contribution in [0.25, 0.3) is 11.1 Å². The zero-order valence-electron chi connectivity index (χ0n) is 14.2. The van der Waals surface area contributed by atoms with Crippen molar-refractivity contribution in [1.82, 2.24) is 9.88 Å². The van der Waals surface area contributed by atoms with Gasteiger partial charge in [-0.2, -0.15) is 0 Å². The normalized spacial score (nSPS) is 13.6. The molecular formula is C20H18N2O3S. The van der Waals surface area contributed by atoms with E-state index in [0.29, 0.717) is 22.9 Å². The minimum absolute atomic E-state index is 0.175. The molecule has 0 spiro atoms. The fourth-order valence-electron chi connectivity index (χ4n) is 3.06. The maximum absolute atomic E-state index is 12.3. The number of rotatable bonds is 7. The number of para-hydroxylation sites is 2. The number of hydrogen-bond acceptors (Lipinski definition) is 5. The van der Waals surface area contributed by atoms with Crippen LogP contribution >= 0.6 is 11.8 Å². The molecule has 1 aliphatic rings. The molecule has 132 valence electrons. The van der Waals surface area contributed by atoms with Gasteiger partial charge in [-0.1, -0.05) is 42.4 Å². The summed E-state index contributed by atoms with van der Waals surface area (Å²) in [7, 11) is 0. The molecule has 0 N–H and O–H groups in total. The Morgan fingerprint density at radius 2 is 1.58 bits per heavy atom. The molecule has 2 amide bonds. The fraction of sp³-hybridized carbons (Fsp3) is 0.250. The number of hydrogen-bond donors (Lipinski definition) is 0. The number of aromatic nitrogens is 1. The molecule has 4 rings (SSSR count). The maximum Gasteiger partial charge on any atom is 0.261 e. The van der Waals surface area contributed by atoms with Crippen LogP contribution in [0.15, 0.2) is 58.2 Å². The average Bonchev–Trinajstić information content (AvgIpc) is 3.18. The molecule has 0 atom stereocenters. The highest BCUT2D eigenvalue weighted by atomic mass is 32.2. The molecule has 0 radical (unpaired) electrons. The van der Waals surface area contributed by atoms with Crippen molar-refractivity contribution in [3.63, 3.8) is 0 Å². The van der Waals surface area contributed by atoms with Crippen molar-refractivity contribution >= 4 is 34.7 Å². The number of benzene rings is 2. The van der Waals surface area contributed by atoms with Gasteiger partial charge in [-0.25, -0.2) is 4.98 Å². The first kappa shape index (κ1) is 16.8. The van der Waals surface area contributed by atoms with E-state index in [4.69, 9.17) is 4.42 Å². The van der Waals surface area contributed by atoms with Crippen molar-refractivity contribution in [2.24, 2.45) is 0 Å². The highest BCUT2D eigenvalue weighted by Crippen LogP contribution is 2.25. The summed E-state index contributed by atoms with van der Waals surface area (Å²) >= 11 is 1.59. The number of carbonyl (C=O) groups excluding carboxylic acids is 2. The Balaban J connectivity index is 1.21. The Bertz CT molecular complexity index is 898. The van der Waals surface area contributed by atoms with Crippen LogP contribution in [0.5, 0.6) is 0 Å². The lowest BCUT2D eigenvalue weighted by atomic mass is 10.1. The smallest absolute Gasteiger partial charge is 0.261 e. The van der Waals surface area contributed by atoms with Crippen LogP contribution in [0.2, 0.25) is 0 Å². The van der Waals surface area contributed by atoms with E-state index in [0.717, 1.165) is 36.1 Å². The van der Waals surface area contributed by atoms with Crippen LogP contribution in [0.3, 0.4) is 0 Å². The summed E-state index contributed by atoms with van der Waals surface area (Å²) in [4.78, 5) is 30.4. The number of amides is 2. The summed E-state index contributed by atoms with van der Waals surface area (Å²) in [6.07, 6.45) is 2.73. The second-order valence-corrected chi connectivity index (χ2v) is 7.21. The largest absolute Gasteiger partial charge is 0.431 e. The van der Waals surface area contributed by atoms with Crippen molar-refractivity contribution < 1.29 is 14.0 Å². The van der Waals surface area contributed by atoms with Gasteiger partial charge in [0.15, 0.2) is 5.58 Å². The minimum Gasteiger partial charge on any atom is -0.431 e. The van der Waals surface area contributed by atoms with Gasteiger partial charge in [0.2, 0.25) is 0 Å². The zero-order chi connectivity index (χ0) is 17.9. The summed E-state index contributed by atoms with van der Waals surface area (Å²) in [5.41, 5.74) is 2.72. The van der Waals surface area contributed by atoms with Gasteiger partial charge in [-0.15, -0.1) is 0 Å². The average molecular weight is 366 g/mol. The molecule has 0 aliphatic carbocycles. The third kappa shape index (κ3) is 3.24. The minimum atomic E-state index is -0.175. The zero-order valence-corrected chi connectivity index (χ0v) is 15.0. The highest BCUT2D eigenvalue weighted by molar-refractivity contribution is 7.99. The summed E-state index contributed by atoms with van der Waals surface area (Å²) < 4.78 is 5.67. The van der Waals surface area contributed by atoms with E-state index in [9.17, 15) is 9.59 Å². The van der Waals surface area contributed by atoms with Gasteiger partial charge < -0.3 is 4.42 Å². The first-order chi connectivity index (χ1) is 12.7. The van der Waals surface area contributed by atoms with Gasteiger partial charge in [-0.05, 0) is 37.1 Å². The summed E-state index contributed by atoms with van der Waals surface area (Å²) in [5.74, 6) is 0.549. The molecule has 1 aliphatic heterocycles. The predicted molar refractivity (Wildman–Crippen MR) is 100 cm³/mol. The Kier molecular flexibility index (Phi) is 4.75. The second kappa shape index (κ2) is 7.33. The number of imide groups is 1. The van der Waals surface area contributed by atoms with Gasteiger partial charge in [-0.3, -0.25) is 14.5 Å². The summed E-state index contributed by atoms with van der Waals surface area (Å²) in [6, 6.07) is 14.7. The number of carbonyl (C=O) groups is 2. The number of nitrogens with zero attached hydrogens (tertiary/aromatic N) is 2. The van der Waals surface area contributed by atoms with Gasteiger partial charge >= 0.3 is 0 Å². The molecule has 0 saturated heterocycles. The van der Waals surface area contributed by atoms with E-state index in [2.05, 4.69) is 4.98 Å². The van der Waals surface area contributed by atoms with E-state index >= 15 is 0 Å². The van der Waals surface area contributed by atoms with Crippen LogP contribution < -0.4 is 0 Å². The maximum atomic E-state index is 12.3. The molecule has 3 aromatic rings. The van der Waals surface area contributed by atoms with Gasteiger partial charge in [0.25, 0.3) is 17.0 Å². The van der Waals surface area contributed by atoms with Crippen molar-refractivity contribution in [2.75, 3.05) is 12.3 Å². The van der Waals surface area contributed by atoms with E-state index in [1.54, 1.807) is 36.0 Å².